The number of phosphoric ester groups is 2. The maximum atomic E-state index is 13.1. The number of allylic oxidation sites excluding steroid dienone is 19. The molecule has 0 aromatic heterocycles. The lowest BCUT2D eigenvalue weighted by Gasteiger charge is -2.21. The van der Waals surface area contributed by atoms with Crippen LogP contribution in [-0.4, -0.2) is 96.7 Å². The number of carbonyl (C=O) groups is 4. The molecule has 0 radical (unpaired) electrons. The van der Waals surface area contributed by atoms with Crippen LogP contribution in [0.1, 0.15) is 310 Å². The zero-order chi connectivity index (χ0) is 73.2. The molecule has 574 valence electrons. The van der Waals surface area contributed by atoms with Crippen molar-refractivity contribution in [3.8, 4) is 0 Å². The molecule has 0 bridgehead atoms. The Morgan fingerprint density at radius 2 is 0.560 bits per heavy atom. The van der Waals surface area contributed by atoms with Crippen molar-refractivity contribution in [3.63, 3.8) is 0 Å². The Bertz CT molecular complexity index is 2370. The monoisotopic (exact) mass is 1440 g/mol. The topological polar surface area (TPSA) is 237 Å². The van der Waals surface area contributed by atoms with Gasteiger partial charge in [-0.15, -0.1) is 0 Å². The van der Waals surface area contributed by atoms with Crippen LogP contribution in [0, 0.1) is 0 Å². The van der Waals surface area contributed by atoms with Gasteiger partial charge in [-0.05, 0) is 135 Å². The molecule has 0 aromatic rings. The van der Waals surface area contributed by atoms with Crippen molar-refractivity contribution in [2.24, 2.45) is 0 Å². The van der Waals surface area contributed by atoms with Crippen LogP contribution in [0.4, 0.5) is 0 Å². The Balaban J connectivity index is 5.42. The molecule has 0 saturated heterocycles. The van der Waals surface area contributed by atoms with Crippen LogP contribution < -0.4 is 0 Å². The van der Waals surface area contributed by atoms with E-state index < -0.39 is 97.5 Å². The fourth-order valence-corrected chi connectivity index (χ4v) is 11.6. The Kier molecular flexibility index (Phi) is 69.5. The number of hydrogen-bond donors (Lipinski definition) is 3. The van der Waals surface area contributed by atoms with E-state index in [4.69, 9.17) is 37.0 Å². The fourth-order valence-electron chi connectivity index (χ4n) is 10.1. The molecule has 3 N–H and O–H groups in total. The van der Waals surface area contributed by atoms with E-state index in [0.29, 0.717) is 25.7 Å². The Hall–Kier alpha value is -4.54. The van der Waals surface area contributed by atoms with Gasteiger partial charge in [0.05, 0.1) is 32.8 Å². The van der Waals surface area contributed by atoms with Crippen LogP contribution in [-0.2, 0) is 65.4 Å². The maximum Gasteiger partial charge on any atom is 0.472 e. The first-order valence-electron chi connectivity index (χ1n) is 38.8. The van der Waals surface area contributed by atoms with E-state index in [0.717, 1.165) is 167 Å². The molecule has 100 heavy (non-hydrogen) atoms. The predicted molar refractivity (Wildman–Crippen MR) is 408 cm³/mol. The summed E-state index contributed by atoms with van der Waals surface area (Å²) in [5.74, 6) is -2.35. The first kappa shape index (κ1) is 95.5. The van der Waals surface area contributed by atoms with Crippen LogP contribution >= 0.6 is 15.6 Å². The molecular weight excluding hydrogens is 1310 g/mol. The number of aliphatic hydroxyl groups is 1. The van der Waals surface area contributed by atoms with Crippen molar-refractivity contribution in [1.82, 2.24) is 0 Å². The molecule has 17 nitrogen and oxygen atoms in total. The van der Waals surface area contributed by atoms with Gasteiger partial charge in [-0.25, -0.2) is 9.13 Å². The van der Waals surface area contributed by atoms with Gasteiger partial charge in [0.15, 0.2) is 12.2 Å². The van der Waals surface area contributed by atoms with Crippen molar-refractivity contribution in [3.05, 3.63) is 122 Å². The van der Waals surface area contributed by atoms with Gasteiger partial charge in [0.2, 0.25) is 0 Å². The number of phosphoric acid groups is 2. The molecule has 0 rings (SSSR count). The van der Waals surface area contributed by atoms with Crippen molar-refractivity contribution in [2.75, 3.05) is 39.6 Å². The van der Waals surface area contributed by atoms with Crippen LogP contribution in [0.3, 0.4) is 0 Å². The van der Waals surface area contributed by atoms with E-state index in [9.17, 15) is 43.2 Å². The van der Waals surface area contributed by atoms with Crippen LogP contribution in [0.2, 0.25) is 0 Å². The van der Waals surface area contributed by atoms with Gasteiger partial charge in [-0.1, -0.05) is 271 Å². The lowest BCUT2D eigenvalue weighted by molar-refractivity contribution is -0.161. The van der Waals surface area contributed by atoms with Gasteiger partial charge in [0.1, 0.15) is 19.3 Å². The highest BCUT2D eigenvalue weighted by molar-refractivity contribution is 7.47. The molecule has 0 saturated carbocycles. The predicted octanol–water partition coefficient (Wildman–Crippen LogP) is 22.3. The first-order valence-corrected chi connectivity index (χ1v) is 41.8. The van der Waals surface area contributed by atoms with Gasteiger partial charge in [-0.2, -0.15) is 0 Å². The summed E-state index contributed by atoms with van der Waals surface area (Å²) in [4.78, 5) is 72.8. The first-order chi connectivity index (χ1) is 48.7. The summed E-state index contributed by atoms with van der Waals surface area (Å²) < 4.78 is 68.4. The van der Waals surface area contributed by atoms with Gasteiger partial charge in [-0.3, -0.25) is 37.3 Å². The number of ether oxygens (including phenoxy) is 4. The molecule has 5 unspecified atom stereocenters. The summed E-state index contributed by atoms with van der Waals surface area (Å²) in [6.45, 7) is 4.50. The molecule has 19 heteroatoms. The fraction of sp³-hybridized carbons (Fsp3) is 0.704. The van der Waals surface area contributed by atoms with Gasteiger partial charge >= 0.3 is 39.5 Å². The lowest BCUT2D eigenvalue weighted by atomic mass is 10.1. The third-order valence-corrected chi connectivity index (χ3v) is 17.8. The number of esters is 4. The largest absolute Gasteiger partial charge is 0.472 e. The molecule has 0 fully saturated rings. The minimum absolute atomic E-state index is 0.0641. The molecule has 0 spiro atoms. The summed E-state index contributed by atoms with van der Waals surface area (Å²) >= 11 is 0. The third-order valence-electron chi connectivity index (χ3n) is 15.9. The molecule has 0 aliphatic rings. The van der Waals surface area contributed by atoms with Crippen molar-refractivity contribution in [1.29, 1.82) is 0 Å². The van der Waals surface area contributed by atoms with Gasteiger partial charge < -0.3 is 33.8 Å². The summed E-state index contributed by atoms with van der Waals surface area (Å²) in [7, 11) is -9.98. The third kappa shape index (κ3) is 71.8. The molecule has 0 aromatic carbocycles. The summed E-state index contributed by atoms with van der Waals surface area (Å²) in [6, 6.07) is 0. The molecule has 0 amide bonds. The van der Waals surface area contributed by atoms with Crippen molar-refractivity contribution < 1.29 is 80.2 Å². The maximum absolute atomic E-state index is 13.1. The molecular formula is C81H138O17P2. The van der Waals surface area contributed by atoms with E-state index in [1.807, 2.05) is 18.2 Å². The Morgan fingerprint density at radius 3 is 0.910 bits per heavy atom. The highest BCUT2D eigenvalue weighted by atomic mass is 31.2. The lowest BCUT2D eigenvalue weighted by Crippen LogP contribution is -2.30. The molecule has 0 aliphatic carbocycles. The summed E-state index contributed by atoms with van der Waals surface area (Å²) in [5.41, 5.74) is 0. The molecule has 5 atom stereocenters. The van der Waals surface area contributed by atoms with Crippen LogP contribution in [0.25, 0.3) is 0 Å². The van der Waals surface area contributed by atoms with Crippen LogP contribution in [0.15, 0.2) is 122 Å². The number of carbonyl (C=O) groups excluding carboxylic acids is 4. The average molecular weight is 1450 g/mol. The van der Waals surface area contributed by atoms with E-state index >= 15 is 0 Å². The summed E-state index contributed by atoms with van der Waals surface area (Å²) in [5, 5.41) is 10.6. The Labute approximate surface area is 606 Å². The molecule has 0 aliphatic heterocycles. The zero-order valence-corrected chi connectivity index (χ0v) is 64.4. The number of hydrogen-bond acceptors (Lipinski definition) is 15. The SMILES string of the molecule is CC/C=C\C/C=C\C/C=C\C/C=C\C/C=C\CC(=O)OCC(COP(=O)(O)OCC(O)COP(=O)(O)OCC(COC(=O)CCCCCCCCC/C=C\C/C=C\C/C=C\CC)OC(=O)CCCCCCC/C=C\CCCCCC)OC(=O)CCCCCCC/C=C\CCCCCCCC. The Morgan fingerprint density at radius 1 is 0.300 bits per heavy atom. The quantitative estimate of drug-likeness (QED) is 0.0169. The number of rotatable bonds is 72. The molecule has 0 heterocycles. The van der Waals surface area contributed by atoms with Crippen molar-refractivity contribution in [2.45, 2.75) is 329 Å². The minimum Gasteiger partial charge on any atom is -0.462 e. The number of unbranched alkanes of at least 4 members (excludes halogenated alkanes) is 27. The van der Waals surface area contributed by atoms with Crippen LogP contribution in [0.5, 0.6) is 0 Å². The van der Waals surface area contributed by atoms with E-state index in [2.05, 4.69) is 125 Å². The van der Waals surface area contributed by atoms with Gasteiger partial charge in [0, 0.05) is 19.3 Å². The minimum atomic E-state index is -5.00. The highest BCUT2D eigenvalue weighted by Crippen LogP contribution is 2.45. The summed E-state index contributed by atoms with van der Waals surface area (Å²) in [6.07, 6.45) is 79.3. The smallest absolute Gasteiger partial charge is 0.462 e. The van der Waals surface area contributed by atoms with E-state index in [-0.39, 0.29) is 25.7 Å². The highest BCUT2D eigenvalue weighted by Gasteiger charge is 2.30. The zero-order valence-electron chi connectivity index (χ0n) is 62.6. The average Bonchev–Trinajstić information content (AvgIpc) is 0.988. The normalized spacial score (nSPS) is 14.6. The number of aliphatic hydroxyl groups excluding tert-OH is 1. The van der Waals surface area contributed by atoms with Crippen molar-refractivity contribution >= 4 is 39.5 Å². The second kappa shape index (κ2) is 72.8. The standard InChI is InChI=1S/C81H138O17P2/c1-5-9-13-17-21-25-29-33-36-37-40-43-46-50-54-58-62-66-79(84)92-71-76(97-80(85)67-63-59-55-51-47-41-32-28-24-20-16-12-8-4)73-95-99(87,88)93-69-75(82)70-94-100(89,90)96-74-77(98-81(86)68-64-60-56-52-48-44-39-35-31-27-23-19-15-11-7-3)72-91-78(83)65-61-57-53-49-45-42-38-34-30-26-22-18-14-10-6-2/h9-10,13-14,21-22,25-26,28,32-36,38-39,45,49,57,61,75-77,82H,5-8,11-12,15-20,23-24,27,29-31,37,40-44,46-48,50-56,58-60,62-74H2,1-4H3,(H,87,88)(H,89,90)/b13-9-,14-10-,25-21-,26-22-,32-28-,36-33-,38-34-,39-35-,49-45-,61-57-. The second-order valence-electron chi connectivity index (χ2n) is 25.5. The second-order valence-corrected chi connectivity index (χ2v) is 28.5. The van der Waals surface area contributed by atoms with E-state index in [1.165, 1.54) is 64.2 Å². The van der Waals surface area contributed by atoms with E-state index in [1.54, 1.807) is 6.08 Å². The van der Waals surface area contributed by atoms with Gasteiger partial charge in [0.25, 0.3) is 0 Å².